The molecular formula is C27H29ClN3O3+. The monoisotopic (exact) mass is 478 g/mol. The molecular weight excluding hydrogens is 450 g/mol. The van der Waals surface area contributed by atoms with Gasteiger partial charge < -0.3 is 19.9 Å². The molecule has 0 aromatic heterocycles. The Morgan fingerprint density at radius 2 is 1.71 bits per heavy atom. The van der Waals surface area contributed by atoms with E-state index in [2.05, 4.69) is 29.6 Å². The predicted octanol–water partition coefficient (Wildman–Crippen LogP) is 3.29. The lowest BCUT2D eigenvalue weighted by atomic mass is 10.1. The van der Waals surface area contributed by atoms with Crippen molar-refractivity contribution in [1.82, 2.24) is 4.90 Å². The maximum atomic E-state index is 13.3. The molecule has 2 N–H and O–H groups in total. The van der Waals surface area contributed by atoms with Gasteiger partial charge in [0.15, 0.2) is 6.10 Å². The van der Waals surface area contributed by atoms with E-state index < -0.39 is 6.10 Å². The third-order valence-corrected chi connectivity index (χ3v) is 6.18. The van der Waals surface area contributed by atoms with Gasteiger partial charge in [-0.05, 0) is 37.3 Å². The smallest absolute Gasteiger partial charge is 0.265 e. The zero-order valence-corrected chi connectivity index (χ0v) is 19.9. The number of hydrogen-bond acceptors (Lipinski definition) is 3. The van der Waals surface area contributed by atoms with Gasteiger partial charge >= 0.3 is 0 Å². The van der Waals surface area contributed by atoms with Gasteiger partial charge in [-0.2, -0.15) is 0 Å². The van der Waals surface area contributed by atoms with E-state index in [-0.39, 0.29) is 11.8 Å². The highest BCUT2D eigenvalue weighted by Gasteiger charge is 2.27. The number of carbonyl (C=O) groups is 2. The third kappa shape index (κ3) is 6.16. The van der Waals surface area contributed by atoms with Gasteiger partial charge in [0.2, 0.25) is 0 Å². The normalized spacial score (nSPS) is 14.9. The van der Waals surface area contributed by atoms with Gasteiger partial charge in [-0.1, -0.05) is 60.1 Å². The first-order chi connectivity index (χ1) is 16.5. The van der Waals surface area contributed by atoms with Crippen LogP contribution in [0.25, 0.3) is 0 Å². The lowest BCUT2D eigenvalue weighted by Gasteiger charge is -2.32. The Morgan fingerprint density at radius 3 is 2.44 bits per heavy atom. The molecule has 3 aromatic rings. The van der Waals surface area contributed by atoms with Crippen LogP contribution in [0.15, 0.2) is 78.9 Å². The van der Waals surface area contributed by atoms with Crippen LogP contribution in [0.2, 0.25) is 5.02 Å². The second-order valence-electron chi connectivity index (χ2n) is 8.46. The molecule has 3 aromatic carbocycles. The number of rotatable bonds is 7. The van der Waals surface area contributed by atoms with Gasteiger partial charge in [-0.3, -0.25) is 9.59 Å². The van der Waals surface area contributed by atoms with Crippen LogP contribution in [0.5, 0.6) is 5.75 Å². The van der Waals surface area contributed by atoms with Crippen LogP contribution in [0.4, 0.5) is 5.69 Å². The van der Waals surface area contributed by atoms with Crippen molar-refractivity contribution in [3.8, 4) is 5.75 Å². The van der Waals surface area contributed by atoms with Gasteiger partial charge in [0, 0.05) is 10.6 Å². The molecule has 0 bridgehead atoms. The quantitative estimate of drug-likeness (QED) is 0.547. The van der Waals surface area contributed by atoms with Gasteiger partial charge in [-0.15, -0.1) is 0 Å². The number of halogens is 1. The molecule has 0 unspecified atom stereocenters. The minimum absolute atomic E-state index is 0.0712. The van der Waals surface area contributed by atoms with Crippen molar-refractivity contribution in [1.29, 1.82) is 0 Å². The number of benzene rings is 3. The van der Waals surface area contributed by atoms with E-state index >= 15 is 0 Å². The Kier molecular flexibility index (Phi) is 7.83. The first-order valence-corrected chi connectivity index (χ1v) is 11.9. The number of nitrogens with zero attached hydrogens (tertiary/aromatic N) is 1. The molecule has 0 radical (unpaired) electrons. The van der Waals surface area contributed by atoms with Crippen molar-refractivity contribution in [2.75, 3.05) is 31.5 Å². The Hall–Kier alpha value is -3.35. The highest BCUT2D eigenvalue weighted by Crippen LogP contribution is 2.21. The van der Waals surface area contributed by atoms with Crippen LogP contribution in [-0.2, 0) is 11.3 Å². The largest absolute Gasteiger partial charge is 0.481 e. The van der Waals surface area contributed by atoms with E-state index in [1.54, 1.807) is 49.4 Å². The highest BCUT2D eigenvalue weighted by molar-refractivity contribution is 6.30. The molecule has 1 heterocycles. The van der Waals surface area contributed by atoms with E-state index in [9.17, 15) is 9.59 Å². The Bertz CT molecular complexity index is 1130. The molecule has 7 heteroatoms. The van der Waals surface area contributed by atoms with E-state index in [0.29, 0.717) is 35.1 Å². The fourth-order valence-corrected chi connectivity index (χ4v) is 4.25. The van der Waals surface area contributed by atoms with Crippen molar-refractivity contribution < 1.29 is 19.2 Å². The molecule has 1 atom stereocenters. The SMILES string of the molecule is C[C@@H](Oc1cccc(Cl)c1)C(=O)Nc1ccccc1C(=O)N1CC[NH+](Cc2ccccc2)CC1. The third-order valence-electron chi connectivity index (χ3n) is 5.95. The Morgan fingerprint density at radius 1 is 1.00 bits per heavy atom. The molecule has 1 saturated heterocycles. The number of anilines is 1. The molecule has 6 nitrogen and oxygen atoms in total. The first kappa shape index (κ1) is 23.8. The van der Waals surface area contributed by atoms with Gasteiger partial charge in [0.1, 0.15) is 12.3 Å². The molecule has 0 aliphatic carbocycles. The van der Waals surface area contributed by atoms with Crippen molar-refractivity contribution in [2.24, 2.45) is 0 Å². The summed E-state index contributed by atoms with van der Waals surface area (Å²) in [6.45, 7) is 5.75. The zero-order valence-electron chi connectivity index (χ0n) is 19.2. The second kappa shape index (κ2) is 11.2. The molecule has 0 saturated carbocycles. The topological polar surface area (TPSA) is 63.1 Å². The molecule has 1 aliphatic rings. The van der Waals surface area contributed by atoms with E-state index in [1.165, 1.54) is 10.5 Å². The number of amides is 2. The second-order valence-corrected chi connectivity index (χ2v) is 8.89. The van der Waals surface area contributed by atoms with Crippen LogP contribution in [0.1, 0.15) is 22.8 Å². The standard InChI is InChI=1S/C27H28ClN3O3/c1-20(34-23-11-7-10-22(28)18-23)26(32)29-25-13-6-5-12-24(25)27(33)31-16-14-30(15-17-31)19-21-8-3-2-4-9-21/h2-13,18,20H,14-17,19H2,1H3,(H,29,32)/p+1/t20-/m1/s1. The summed E-state index contributed by atoms with van der Waals surface area (Å²) in [5, 5.41) is 3.39. The van der Waals surface area contributed by atoms with E-state index in [1.807, 2.05) is 17.0 Å². The summed E-state index contributed by atoms with van der Waals surface area (Å²) in [5.74, 6) is 0.103. The van der Waals surface area contributed by atoms with Gasteiger partial charge in [0.05, 0.1) is 37.4 Å². The number of para-hydroxylation sites is 1. The number of piperazine rings is 1. The number of hydrogen-bond donors (Lipinski definition) is 2. The number of nitrogens with one attached hydrogen (secondary N) is 2. The highest BCUT2D eigenvalue weighted by atomic mass is 35.5. The number of carbonyl (C=O) groups excluding carboxylic acids is 2. The summed E-state index contributed by atoms with van der Waals surface area (Å²) in [5.41, 5.74) is 2.27. The summed E-state index contributed by atoms with van der Waals surface area (Å²) >= 11 is 5.99. The van der Waals surface area contributed by atoms with Crippen LogP contribution in [0, 0.1) is 0 Å². The average molecular weight is 479 g/mol. The predicted molar refractivity (Wildman–Crippen MR) is 133 cm³/mol. The zero-order chi connectivity index (χ0) is 23.9. The fourth-order valence-electron chi connectivity index (χ4n) is 4.07. The maximum absolute atomic E-state index is 13.3. The summed E-state index contributed by atoms with van der Waals surface area (Å²) in [6.07, 6.45) is -0.758. The lowest BCUT2D eigenvalue weighted by molar-refractivity contribution is -0.917. The minimum atomic E-state index is -0.758. The van der Waals surface area contributed by atoms with E-state index in [4.69, 9.17) is 16.3 Å². The number of ether oxygens (including phenoxy) is 1. The van der Waals surface area contributed by atoms with Crippen molar-refractivity contribution in [2.45, 2.75) is 19.6 Å². The summed E-state index contributed by atoms with van der Waals surface area (Å²) < 4.78 is 5.71. The first-order valence-electron chi connectivity index (χ1n) is 11.5. The maximum Gasteiger partial charge on any atom is 0.265 e. The van der Waals surface area contributed by atoms with Crippen LogP contribution < -0.4 is 15.0 Å². The summed E-state index contributed by atoms with van der Waals surface area (Å²) in [6, 6.07) is 24.4. The van der Waals surface area contributed by atoms with Gasteiger partial charge in [-0.25, -0.2) is 0 Å². The molecule has 1 aliphatic heterocycles. The molecule has 1 fully saturated rings. The molecule has 0 spiro atoms. The average Bonchev–Trinajstić information content (AvgIpc) is 2.85. The van der Waals surface area contributed by atoms with Crippen LogP contribution >= 0.6 is 11.6 Å². The lowest BCUT2D eigenvalue weighted by Crippen LogP contribution is -3.13. The molecule has 2 amide bonds. The fraction of sp³-hybridized carbons (Fsp3) is 0.259. The van der Waals surface area contributed by atoms with Crippen molar-refractivity contribution >= 4 is 29.1 Å². The van der Waals surface area contributed by atoms with Crippen LogP contribution in [0.3, 0.4) is 0 Å². The molecule has 4 rings (SSSR count). The minimum Gasteiger partial charge on any atom is -0.481 e. The van der Waals surface area contributed by atoms with Gasteiger partial charge in [0.25, 0.3) is 11.8 Å². The summed E-state index contributed by atoms with van der Waals surface area (Å²) in [4.78, 5) is 29.4. The molecule has 34 heavy (non-hydrogen) atoms. The number of quaternary nitrogens is 1. The molecule has 176 valence electrons. The van der Waals surface area contributed by atoms with Crippen LogP contribution in [-0.4, -0.2) is 49.0 Å². The Labute approximate surface area is 205 Å². The van der Waals surface area contributed by atoms with Crippen molar-refractivity contribution in [3.63, 3.8) is 0 Å². The van der Waals surface area contributed by atoms with Crippen molar-refractivity contribution in [3.05, 3.63) is 95.0 Å². The Balaban J connectivity index is 1.36. The summed E-state index contributed by atoms with van der Waals surface area (Å²) in [7, 11) is 0. The van der Waals surface area contributed by atoms with E-state index in [0.717, 1.165) is 19.6 Å².